The van der Waals surface area contributed by atoms with Crippen molar-refractivity contribution in [3.63, 3.8) is 0 Å². The number of nitrogens with zero attached hydrogens (tertiary/aromatic N) is 1. The summed E-state index contributed by atoms with van der Waals surface area (Å²) in [5.74, 6) is 0.148. The van der Waals surface area contributed by atoms with E-state index in [0.29, 0.717) is 30.1 Å². The van der Waals surface area contributed by atoms with Crippen LogP contribution < -0.4 is 15.4 Å². The first kappa shape index (κ1) is 18.4. The second-order valence-electron chi connectivity index (χ2n) is 5.87. The summed E-state index contributed by atoms with van der Waals surface area (Å²) in [7, 11) is 1.59. The predicted octanol–water partition coefficient (Wildman–Crippen LogP) is 3.77. The summed E-state index contributed by atoms with van der Waals surface area (Å²) in [4.78, 5) is 16.5. The lowest BCUT2D eigenvalue weighted by Gasteiger charge is -2.11. The van der Waals surface area contributed by atoms with E-state index < -0.39 is 0 Å². The molecule has 0 aliphatic carbocycles. The lowest BCUT2D eigenvalue weighted by molar-refractivity contribution is 0.0945. The number of methoxy groups -OCH3 is 1. The van der Waals surface area contributed by atoms with Gasteiger partial charge in [-0.1, -0.05) is 36.4 Å². The predicted molar refractivity (Wildman–Crippen MR) is 102 cm³/mol. The molecule has 3 aromatic rings. The molecule has 2 N–H and O–H groups in total. The number of hydrogen-bond acceptors (Lipinski definition) is 4. The van der Waals surface area contributed by atoms with E-state index in [1.807, 2.05) is 24.3 Å². The van der Waals surface area contributed by atoms with Crippen LogP contribution in [0, 0.1) is 5.82 Å². The highest BCUT2D eigenvalue weighted by Gasteiger charge is 2.10. The summed E-state index contributed by atoms with van der Waals surface area (Å²) in [6.45, 7) is 0.649. The van der Waals surface area contributed by atoms with Crippen molar-refractivity contribution in [1.82, 2.24) is 10.3 Å². The molecular weight excluding hydrogens is 345 g/mol. The maximum absolute atomic E-state index is 13.7. The first-order valence-corrected chi connectivity index (χ1v) is 8.51. The molecule has 0 bridgehead atoms. The molecule has 0 spiro atoms. The van der Waals surface area contributed by atoms with Gasteiger partial charge in [-0.15, -0.1) is 0 Å². The number of hydrogen-bond donors (Lipinski definition) is 2. The lowest BCUT2D eigenvalue weighted by Crippen LogP contribution is -2.24. The fourth-order valence-electron chi connectivity index (χ4n) is 2.62. The highest BCUT2D eigenvalue weighted by Crippen LogP contribution is 2.17. The Morgan fingerprint density at radius 1 is 1.04 bits per heavy atom. The quantitative estimate of drug-likeness (QED) is 0.669. The van der Waals surface area contributed by atoms with Gasteiger partial charge in [0, 0.05) is 36.1 Å². The summed E-state index contributed by atoms with van der Waals surface area (Å²) < 4.78 is 19.0. The third-order valence-electron chi connectivity index (χ3n) is 4.07. The number of nitrogens with one attached hydrogen (secondary N) is 2. The fraction of sp³-hybridized carbons (Fsp3) is 0.143. The van der Waals surface area contributed by atoms with Gasteiger partial charge in [0.2, 0.25) is 0 Å². The Morgan fingerprint density at radius 2 is 1.78 bits per heavy atom. The number of halogens is 1. The number of amides is 1. The average Bonchev–Trinajstić information content (AvgIpc) is 2.72. The minimum Gasteiger partial charge on any atom is -0.496 e. The summed E-state index contributed by atoms with van der Waals surface area (Å²) in [6, 6.07) is 17.4. The standard InChI is InChI=1S/C21H20FN3O2/c1-27-20-9-5-3-7-16(20)14-25-21(26)19-12-17(10-11-23-19)24-13-15-6-2-4-8-18(15)22/h2-12H,13-14H2,1H3,(H,23,24)(H,25,26). The first-order valence-electron chi connectivity index (χ1n) is 8.51. The van der Waals surface area contributed by atoms with Crippen molar-refractivity contribution in [1.29, 1.82) is 0 Å². The van der Waals surface area contributed by atoms with Crippen LogP contribution in [0.3, 0.4) is 0 Å². The molecule has 0 aliphatic rings. The van der Waals surface area contributed by atoms with Crippen molar-refractivity contribution in [2.45, 2.75) is 13.1 Å². The molecule has 5 nitrogen and oxygen atoms in total. The van der Waals surface area contributed by atoms with Crippen molar-refractivity contribution >= 4 is 11.6 Å². The summed E-state index contributed by atoms with van der Waals surface area (Å²) >= 11 is 0. The zero-order valence-corrected chi connectivity index (χ0v) is 14.9. The highest BCUT2D eigenvalue weighted by atomic mass is 19.1. The van der Waals surface area contributed by atoms with E-state index >= 15 is 0 Å². The molecule has 0 unspecified atom stereocenters. The minimum atomic E-state index is -0.296. The van der Waals surface area contributed by atoms with Crippen LogP contribution in [0.1, 0.15) is 21.6 Å². The Labute approximate surface area is 157 Å². The molecule has 27 heavy (non-hydrogen) atoms. The molecule has 138 valence electrons. The number of para-hydroxylation sites is 1. The smallest absolute Gasteiger partial charge is 0.270 e. The van der Waals surface area contributed by atoms with Gasteiger partial charge in [-0.3, -0.25) is 9.78 Å². The lowest BCUT2D eigenvalue weighted by atomic mass is 10.2. The molecule has 0 atom stereocenters. The van der Waals surface area contributed by atoms with Gasteiger partial charge in [-0.05, 0) is 24.3 Å². The van der Waals surface area contributed by atoms with Crippen LogP contribution in [-0.2, 0) is 13.1 Å². The van der Waals surface area contributed by atoms with Crippen LogP contribution in [0.4, 0.5) is 10.1 Å². The van der Waals surface area contributed by atoms with E-state index in [2.05, 4.69) is 15.6 Å². The molecule has 0 fully saturated rings. The first-order chi connectivity index (χ1) is 13.2. The monoisotopic (exact) mass is 365 g/mol. The topological polar surface area (TPSA) is 63.2 Å². The van der Waals surface area contributed by atoms with Crippen LogP contribution in [0.25, 0.3) is 0 Å². The minimum absolute atomic E-state index is 0.270. The molecule has 0 radical (unpaired) electrons. The number of carbonyl (C=O) groups is 1. The Bertz CT molecular complexity index is 931. The molecule has 1 aromatic heterocycles. The maximum atomic E-state index is 13.7. The summed E-state index contributed by atoms with van der Waals surface area (Å²) in [5.41, 5.74) is 2.40. The Kier molecular flexibility index (Phi) is 5.99. The number of rotatable bonds is 7. The van der Waals surface area contributed by atoms with Crippen LogP contribution >= 0.6 is 0 Å². The zero-order chi connectivity index (χ0) is 19.1. The van der Waals surface area contributed by atoms with Crippen molar-refractivity contribution < 1.29 is 13.9 Å². The number of ether oxygens (including phenoxy) is 1. The van der Waals surface area contributed by atoms with Crippen molar-refractivity contribution in [3.8, 4) is 5.75 Å². The number of carbonyl (C=O) groups excluding carboxylic acids is 1. The van der Waals surface area contributed by atoms with Crippen molar-refractivity contribution in [3.05, 3.63) is 89.5 Å². The Balaban J connectivity index is 1.62. The molecule has 1 amide bonds. The van der Waals surface area contributed by atoms with Crippen LogP contribution in [0.5, 0.6) is 5.75 Å². The molecule has 0 aliphatic heterocycles. The molecule has 0 saturated heterocycles. The van der Waals surface area contributed by atoms with Gasteiger partial charge in [0.25, 0.3) is 5.91 Å². The van der Waals surface area contributed by atoms with Gasteiger partial charge in [0.15, 0.2) is 0 Å². The fourth-order valence-corrected chi connectivity index (χ4v) is 2.62. The van der Waals surface area contributed by atoms with E-state index in [-0.39, 0.29) is 17.4 Å². The summed E-state index contributed by atoms with van der Waals surface area (Å²) in [5, 5.41) is 5.94. The van der Waals surface area contributed by atoms with Crippen LogP contribution in [-0.4, -0.2) is 18.0 Å². The molecular formula is C21H20FN3O2. The molecule has 0 saturated carbocycles. The van der Waals surface area contributed by atoms with Gasteiger partial charge in [-0.25, -0.2) is 4.39 Å². The van der Waals surface area contributed by atoms with E-state index in [9.17, 15) is 9.18 Å². The van der Waals surface area contributed by atoms with Gasteiger partial charge in [0.1, 0.15) is 17.3 Å². The van der Waals surface area contributed by atoms with Gasteiger partial charge in [-0.2, -0.15) is 0 Å². The third kappa shape index (κ3) is 4.82. The van der Waals surface area contributed by atoms with Gasteiger partial charge < -0.3 is 15.4 Å². The molecule has 1 heterocycles. The highest BCUT2D eigenvalue weighted by molar-refractivity contribution is 5.93. The largest absolute Gasteiger partial charge is 0.496 e. The average molecular weight is 365 g/mol. The van der Waals surface area contributed by atoms with Crippen LogP contribution in [0.15, 0.2) is 66.9 Å². The van der Waals surface area contributed by atoms with Crippen LogP contribution in [0.2, 0.25) is 0 Å². The number of benzene rings is 2. The second-order valence-corrected chi connectivity index (χ2v) is 5.87. The SMILES string of the molecule is COc1ccccc1CNC(=O)c1cc(NCc2ccccc2F)ccn1. The van der Waals surface area contributed by atoms with Gasteiger partial charge >= 0.3 is 0 Å². The van der Waals surface area contributed by atoms with Gasteiger partial charge in [0.05, 0.1) is 7.11 Å². The molecule has 6 heteroatoms. The van der Waals surface area contributed by atoms with Crippen molar-refractivity contribution in [2.24, 2.45) is 0 Å². The molecule has 2 aromatic carbocycles. The van der Waals surface area contributed by atoms with E-state index in [1.54, 1.807) is 43.6 Å². The van der Waals surface area contributed by atoms with E-state index in [4.69, 9.17) is 4.74 Å². The van der Waals surface area contributed by atoms with E-state index in [1.165, 1.54) is 6.07 Å². The number of anilines is 1. The number of pyridine rings is 1. The Morgan fingerprint density at radius 3 is 2.56 bits per heavy atom. The number of aromatic nitrogens is 1. The molecule has 3 rings (SSSR count). The normalized spacial score (nSPS) is 10.3. The summed E-state index contributed by atoms with van der Waals surface area (Å²) in [6.07, 6.45) is 1.54. The third-order valence-corrected chi connectivity index (χ3v) is 4.07. The van der Waals surface area contributed by atoms with E-state index in [0.717, 1.165) is 5.56 Å². The zero-order valence-electron chi connectivity index (χ0n) is 14.9. The second kappa shape index (κ2) is 8.80. The van der Waals surface area contributed by atoms with Crippen molar-refractivity contribution in [2.75, 3.05) is 12.4 Å². The maximum Gasteiger partial charge on any atom is 0.270 e. The Hall–Kier alpha value is -3.41.